The highest BCUT2D eigenvalue weighted by molar-refractivity contribution is 6.12. The first-order chi connectivity index (χ1) is 18.0. The number of halogens is 1. The molecule has 0 spiro atoms. The summed E-state index contributed by atoms with van der Waals surface area (Å²) in [6.07, 6.45) is 3.57. The number of hydrogen-bond acceptors (Lipinski definition) is 7. The third-order valence-electron chi connectivity index (χ3n) is 5.36. The van der Waals surface area contributed by atoms with Gasteiger partial charge in [0.25, 0.3) is 0 Å². The fourth-order valence-corrected chi connectivity index (χ4v) is 3.47. The van der Waals surface area contributed by atoms with Crippen molar-refractivity contribution < 1.29 is 32.9 Å². The lowest BCUT2D eigenvalue weighted by Crippen LogP contribution is -2.11. The van der Waals surface area contributed by atoms with E-state index in [4.69, 9.17) is 18.9 Å². The van der Waals surface area contributed by atoms with E-state index in [0.29, 0.717) is 24.3 Å². The van der Waals surface area contributed by atoms with E-state index in [9.17, 15) is 14.0 Å². The molecule has 8 heteroatoms. The minimum atomic E-state index is -0.847. The highest BCUT2D eigenvalue weighted by Gasteiger charge is 2.24. The maximum atomic E-state index is 14.0. The van der Waals surface area contributed by atoms with Crippen LogP contribution in [-0.2, 0) is 9.53 Å². The number of aliphatic imine (C=N–C) groups is 1. The Morgan fingerprint density at radius 2 is 1.78 bits per heavy atom. The molecule has 37 heavy (non-hydrogen) atoms. The molecule has 0 radical (unpaired) electrons. The van der Waals surface area contributed by atoms with Gasteiger partial charge in [-0.3, -0.25) is 0 Å². The number of hydrogen-bond donors (Lipinski definition) is 0. The van der Waals surface area contributed by atoms with E-state index in [1.165, 1.54) is 24.3 Å². The molecule has 0 fully saturated rings. The first-order valence-electron chi connectivity index (χ1n) is 12.0. The van der Waals surface area contributed by atoms with Gasteiger partial charge in [0.05, 0.1) is 18.8 Å². The molecule has 0 aliphatic carbocycles. The summed E-state index contributed by atoms with van der Waals surface area (Å²) in [4.78, 5) is 29.2. The van der Waals surface area contributed by atoms with Crippen molar-refractivity contribution in [3.63, 3.8) is 0 Å². The number of carbonyl (C=O) groups is 2. The Kier molecular flexibility index (Phi) is 8.30. The maximum Gasteiger partial charge on any atom is 0.363 e. The lowest BCUT2D eigenvalue weighted by molar-refractivity contribution is -0.129. The van der Waals surface area contributed by atoms with Crippen molar-refractivity contribution in [1.29, 1.82) is 0 Å². The van der Waals surface area contributed by atoms with Gasteiger partial charge < -0.3 is 18.9 Å². The molecule has 7 nitrogen and oxygen atoms in total. The van der Waals surface area contributed by atoms with E-state index < -0.39 is 17.8 Å². The molecule has 4 rings (SSSR count). The van der Waals surface area contributed by atoms with Crippen molar-refractivity contribution in [3.05, 3.63) is 94.9 Å². The van der Waals surface area contributed by atoms with Gasteiger partial charge in [-0.15, -0.1) is 0 Å². The zero-order valence-corrected chi connectivity index (χ0v) is 20.5. The lowest BCUT2D eigenvalue weighted by Gasteiger charge is -2.11. The Labute approximate surface area is 214 Å². The fraction of sp³-hybridized carbons (Fsp3) is 0.207. The predicted octanol–water partition coefficient (Wildman–Crippen LogP) is 5.97. The summed E-state index contributed by atoms with van der Waals surface area (Å²) in [7, 11) is 0. The molecule has 3 aromatic carbocycles. The number of ether oxygens (including phenoxy) is 4. The van der Waals surface area contributed by atoms with Gasteiger partial charge in [0.15, 0.2) is 17.2 Å². The molecule has 0 saturated heterocycles. The molecule has 1 aliphatic rings. The standard InChI is InChI=1S/C29H26FNO6/c1-3-5-16-35-21-13-11-20(12-14-21)27-31-24(29(33)37-27)17-19-10-15-25(26(18-19)34-4-2)36-28(32)22-8-6-7-9-23(22)30/h6-15,17-18H,3-5,16H2,1-2H3/b24-17-. The van der Waals surface area contributed by atoms with Crippen LogP contribution in [0.5, 0.6) is 17.2 Å². The molecule has 3 aromatic rings. The van der Waals surface area contributed by atoms with Crippen molar-refractivity contribution >= 4 is 23.9 Å². The first kappa shape index (κ1) is 25.6. The molecule has 0 atom stereocenters. The Bertz CT molecular complexity index is 1350. The third-order valence-corrected chi connectivity index (χ3v) is 5.36. The van der Waals surface area contributed by atoms with Gasteiger partial charge in [0, 0.05) is 5.56 Å². The Hall–Kier alpha value is -4.46. The van der Waals surface area contributed by atoms with Crippen LogP contribution in [0, 0.1) is 5.82 Å². The second kappa shape index (κ2) is 12.0. The predicted molar refractivity (Wildman–Crippen MR) is 136 cm³/mol. The van der Waals surface area contributed by atoms with Gasteiger partial charge in [-0.25, -0.2) is 19.0 Å². The van der Waals surface area contributed by atoms with Gasteiger partial charge in [-0.05, 0) is 73.5 Å². The quantitative estimate of drug-likeness (QED) is 0.147. The number of nitrogens with zero attached hydrogens (tertiary/aromatic N) is 1. The summed E-state index contributed by atoms with van der Waals surface area (Å²) < 4.78 is 35.9. The summed E-state index contributed by atoms with van der Waals surface area (Å²) >= 11 is 0. The van der Waals surface area contributed by atoms with Gasteiger partial charge in [-0.1, -0.05) is 31.5 Å². The van der Waals surface area contributed by atoms with Crippen LogP contribution in [0.15, 0.2) is 77.4 Å². The Balaban J connectivity index is 1.52. The molecule has 1 heterocycles. The summed E-state index contributed by atoms with van der Waals surface area (Å²) in [5.74, 6) is -0.813. The fourth-order valence-electron chi connectivity index (χ4n) is 3.47. The number of unbranched alkanes of at least 4 members (excludes halogenated alkanes) is 1. The van der Waals surface area contributed by atoms with E-state index in [1.54, 1.807) is 55.5 Å². The van der Waals surface area contributed by atoms with Crippen LogP contribution in [0.25, 0.3) is 6.08 Å². The molecule has 1 aliphatic heterocycles. The number of esters is 2. The van der Waals surface area contributed by atoms with E-state index in [0.717, 1.165) is 18.6 Å². The number of benzene rings is 3. The average Bonchev–Trinajstić information content (AvgIpc) is 3.26. The topological polar surface area (TPSA) is 83.4 Å². The second-order valence-electron chi connectivity index (χ2n) is 8.07. The van der Waals surface area contributed by atoms with E-state index in [-0.39, 0.29) is 28.7 Å². The van der Waals surface area contributed by atoms with E-state index >= 15 is 0 Å². The third kappa shape index (κ3) is 6.41. The van der Waals surface area contributed by atoms with Crippen molar-refractivity contribution in [3.8, 4) is 17.2 Å². The van der Waals surface area contributed by atoms with Gasteiger partial charge in [0.1, 0.15) is 11.6 Å². The van der Waals surface area contributed by atoms with Crippen molar-refractivity contribution in [1.82, 2.24) is 0 Å². The second-order valence-corrected chi connectivity index (χ2v) is 8.07. The van der Waals surface area contributed by atoms with Crippen molar-refractivity contribution in [2.24, 2.45) is 4.99 Å². The summed E-state index contributed by atoms with van der Waals surface area (Å²) in [5, 5.41) is 0. The number of rotatable bonds is 10. The summed E-state index contributed by atoms with van der Waals surface area (Å²) in [6, 6.07) is 17.5. The monoisotopic (exact) mass is 503 g/mol. The zero-order chi connectivity index (χ0) is 26.2. The molecule has 0 unspecified atom stereocenters. The maximum absolute atomic E-state index is 14.0. The molecule has 0 N–H and O–H groups in total. The molecule has 0 amide bonds. The normalized spacial score (nSPS) is 13.8. The number of carbonyl (C=O) groups excluding carboxylic acids is 2. The molecule has 0 saturated carbocycles. The van der Waals surface area contributed by atoms with Crippen LogP contribution in [0.3, 0.4) is 0 Å². The number of cyclic esters (lactones) is 1. The van der Waals surface area contributed by atoms with Crippen molar-refractivity contribution in [2.75, 3.05) is 13.2 Å². The van der Waals surface area contributed by atoms with Crippen LogP contribution >= 0.6 is 0 Å². The van der Waals surface area contributed by atoms with Gasteiger partial charge in [0.2, 0.25) is 5.90 Å². The van der Waals surface area contributed by atoms with E-state index in [1.807, 2.05) is 0 Å². The molecular weight excluding hydrogens is 477 g/mol. The Morgan fingerprint density at radius 1 is 1.00 bits per heavy atom. The smallest absolute Gasteiger partial charge is 0.363 e. The summed E-state index contributed by atoms with van der Waals surface area (Å²) in [6.45, 7) is 4.81. The molecule has 0 bridgehead atoms. The van der Waals surface area contributed by atoms with Crippen LogP contribution in [-0.4, -0.2) is 31.1 Å². The Morgan fingerprint density at radius 3 is 2.51 bits per heavy atom. The highest BCUT2D eigenvalue weighted by atomic mass is 19.1. The minimum Gasteiger partial charge on any atom is -0.494 e. The van der Waals surface area contributed by atoms with Crippen LogP contribution in [0.2, 0.25) is 0 Å². The zero-order valence-electron chi connectivity index (χ0n) is 20.5. The first-order valence-corrected chi connectivity index (χ1v) is 12.0. The minimum absolute atomic E-state index is 0.108. The highest BCUT2D eigenvalue weighted by Crippen LogP contribution is 2.31. The van der Waals surface area contributed by atoms with Crippen LogP contribution < -0.4 is 14.2 Å². The SMILES string of the molecule is CCCCOc1ccc(C2=N/C(=C\c3ccc(OC(=O)c4ccccc4F)c(OCC)c3)C(=O)O2)cc1. The largest absolute Gasteiger partial charge is 0.494 e. The van der Waals surface area contributed by atoms with Crippen molar-refractivity contribution in [2.45, 2.75) is 26.7 Å². The van der Waals surface area contributed by atoms with Crippen LogP contribution in [0.4, 0.5) is 4.39 Å². The van der Waals surface area contributed by atoms with Gasteiger partial charge in [-0.2, -0.15) is 0 Å². The molecule has 0 aromatic heterocycles. The molecular formula is C29H26FNO6. The molecule has 190 valence electrons. The lowest BCUT2D eigenvalue weighted by atomic mass is 10.1. The van der Waals surface area contributed by atoms with E-state index in [2.05, 4.69) is 11.9 Å². The van der Waals surface area contributed by atoms with Gasteiger partial charge >= 0.3 is 11.9 Å². The summed E-state index contributed by atoms with van der Waals surface area (Å²) in [5.41, 5.74) is 1.14. The average molecular weight is 504 g/mol. The van der Waals surface area contributed by atoms with Crippen LogP contribution in [0.1, 0.15) is 48.2 Å².